The van der Waals surface area contributed by atoms with Crippen LogP contribution in [-0.2, 0) is 9.53 Å². The summed E-state index contributed by atoms with van der Waals surface area (Å²) in [7, 11) is 0. The molecule has 3 heteroatoms. The molecule has 0 rings (SSSR count). The first kappa shape index (κ1) is 16.2. The first-order valence-electron chi connectivity index (χ1n) is 6.05. The van der Waals surface area contributed by atoms with Crippen LogP contribution in [0.2, 0.25) is 0 Å². The smallest absolute Gasteiger partial charge is 0.335 e. The number of hydrogen-bond acceptors (Lipinski definition) is 3. The third-order valence-corrected chi connectivity index (χ3v) is 2.47. The van der Waals surface area contributed by atoms with Crippen molar-refractivity contribution in [3.8, 4) is 0 Å². The molecule has 2 N–H and O–H groups in total. The van der Waals surface area contributed by atoms with Crippen LogP contribution in [0.25, 0.3) is 0 Å². The van der Waals surface area contributed by atoms with E-state index < -0.39 is 6.23 Å². The Morgan fingerprint density at radius 1 is 1.06 bits per heavy atom. The summed E-state index contributed by atoms with van der Waals surface area (Å²) in [5.41, 5.74) is 7.12. The van der Waals surface area contributed by atoms with E-state index in [0.29, 0.717) is 5.57 Å². The summed E-state index contributed by atoms with van der Waals surface area (Å²) >= 11 is 0. The molecule has 100 valence electrons. The van der Waals surface area contributed by atoms with Crippen LogP contribution in [0.5, 0.6) is 0 Å². The van der Waals surface area contributed by atoms with Gasteiger partial charge >= 0.3 is 5.97 Å². The van der Waals surface area contributed by atoms with Gasteiger partial charge in [0, 0.05) is 5.57 Å². The first-order chi connectivity index (χ1) is 7.37. The monoisotopic (exact) mass is 241 g/mol. The van der Waals surface area contributed by atoms with E-state index in [1.54, 1.807) is 6.92 Å². The van der Waals surface area contributed by atoms with Gasteiger partial charge < -0.3 is 4.74 Å². The molecular formula is C14H27NO2. The Bertz CT molecular complexity index is 298. The average Bonchev–Trinajstić information content (AvgIpc) is 1.96. The predicted octanol–water partition coefficient (Wildman–Crippen LogP) is 3.24. The minimum atomic E-state index is -0.571. The van der Waals surface area contributed by atoms with Crippen LogP contribution in [0.4, 0.5) is 0 Å². The Balaban J connectivity index is 5.50. The quantitative estimate of drug-likeness (QED) is 0.459. The average molecular weight is 241 g/mol. The van der Waals surface area contributed by atoms with Gasteiger partial charge in [0.15, 0.2) is 0 Å². The highest BCUT2D eigenvalue weighted by Crippen LogP contribution is 2.41. The summed E-state index contributed by atoms with van der Waals surface area (Å²) in [6.45, 7) is 16.1. The van der Waals surface area contributed by atoms with Gasteiger partial charge in [0.1, 0.15) is 6.23 Å². The zero-order valence-corrected chi connectivity index (χ0v) is 12.5. The van der Waals surface area contributed by atoms with Crippen molar-refractivity contribution < 1.29 is 9.53 Å². The topological polar surface area (TPSA) is 52.3 Å². The minimum Gasteiger partial charge on any atom is -0.444 e. The maximum absolute atomic E-state index is 11.9. The normalized spacial score (nSPS) is 14.2. The fraction of sp³-hybridized carbons (Fsp3) is 0.786. The number of allylic oxidation sites excluding steroid dienone is 1. The largest absolute Gasteiger partial charge is 0.444 e. The number of carbonyl (C=O) groups is 1. The molecule has 0 saturated heterocycles. The number of rotatable bonds is 2. The highest BCUT2D eigenvalue weighted by atomic mass is 16.6. The van der Waals surface area contributed by atoms with E-state index in [-0.39, 0.29) is 16.8 Å². The van der Waals surface area contributed by atoms with Crippen LogP contribution in [-0.4, -0.2) is 12.2 Å². The molecule has 0 aliphatic rings. The summed E-state index contributed by atoms with van der Waals surface area (Å²) in [5.74, 6) is -0.320. The second kappa shape index (κ2) is 5.21. The van der Waals surface area contributed by atoms with Crippen molar-refractivity contribution in [2.75, 3.05) is 0 Å². The van der Waals surface area contributed by atoms with E-state index in [4.69, 9.17) is 10.5 Å². The summed E-state index contributed by atoms with van der Waals surface area (Å²) < 4.78 is 5.06. The van der Waals surface area contributed by atoms with Gasteiger partial charge in [-0.05, 0) is 30.3 Å². The maximum atomic E-state index is 11.9. The Morgan fingerprint density at radius 2 is 1.41 bits per heavy atom. The third-order valence-electron chi connectivity index (χ3n) is 2.47. The van der Waals surface area contributed by atoms with Crippen LogP contribution < -0.4 is 5.73 Å². The molecule has 0 bridgehead atoms. The van der Waals surface area contributed by atoms with Gasteiger partial charge in [0.05, 0.1) is 0 Å². The summed E-state index contributed by atoms with van der Waals surface area (Å²) in [4.78, 5) is 11.9. The van der Waals surface area contributed by atoms with Gasteiger partial charge in [0.2, 0.25) is 0 Å². The Labute approximate surface area is 105 Å². The fourth-order valence-electron chi connectivity index (χ4n) is 2.61. The lowest BCUT2D eigenvalue weighted by atomic mass is 9.70. The molecule has 0 aromatic heterocycles. The molecule has 0 amide bonds. The lowest BCUT2D eigenvalue weighted by Crippen LogP contribution is -2.29. The van der Waals surface area contributed by atoms with E-state index in [2.05, 4.69) is 41.5 Å². The molecular weight excluding hydrogens is 214 g/mol. The van der Waals surface area contributed by atoms with Crippen LogP contribution >= 0.6 is 0 Å². The molecule has 0 aromatic carbocycles. The van der Waals surface area contributed by atoms with Crippen LogP contribution in [0.1, 0.15) is 55.4 Å². The molecule has 17 heavy (non-hydrogen) atoms. The Morgan fingerprint density at radius 3 is 1.65 bits per heavy atom. The van der Waals surface area contributed by atoms with Crippen molar-refractivity contribution in [3.05, 3.63) is 11.1 Å². The molecule has 0 spiro atoms. The van der Waals surface area contributed by atoms with Gasteiger partial charge in [-0.15, -0.1) is 0 Å². The molecule has 0 radical (unpaired) electrons. The second-order valence-corrected chi connectivity index (χ2v) is 6.61. The first-order valence-corrected chi connectivity index (χ1v) is 6.05. The van der Waals surface area contributed by atoms with Crippen molar-refractivity contribution in [2.24, 2.45) is 16.6 Å². The summed E-state index contributed by atoms with van der Waals surface area (Å²) in [6.07, 6.45) is -0.571. The number of carbonyl (C=O) groups excluding carboxylic acids is 1. The number of hydrogen-bond donors (Lipinski definition) is 1. The second-order valence-electron chi connectivity index (χ2n) is 6.61. The van der Waals surface area contributed by atoms with Gasteiger partial charge in [-0.2, -0.15) is 0 Å². The SMILES string of the molecule is CC(C(=O)OC(C)N)=C(C(C)(C)C)C(C)(C)C. The predicted molar refractivity (Wildman–Crippen MR) is 71.4 cm³/mol. The molecule has 3 nitrogen and oxygen atoms in total. The molecule has 1 unspecified atom stereocenters. The van der Waals surface area contributed by atoms with Gasteiger partial charge in [0.25, 0.3) is 0 Å². The fourth-order valence-corrected chi connectivity index (χ4v) is 2.61. The van der Waals surface area contributed by atoms with Crippen LogP contribution in [0, 0.1) is 10.8 Å². The number of nitrogens with two attached hydrogens (primary N) is 1. The lowest BCUT2D eigenvalue weighted by Gasteiger charge is -2.35. The van der Waals surface area contributed by atoms with E-state index >= 15 is 0 Å². The van der Waals surface area contributed by atoms with E-state index in [1.807, 2.05) is 6.92 Å². The van der Waals surface area contributed by atoms with Crippen molar-refractivity contribution in [1.82, 2.24) is 0 Å². The zero-order valence-electron chi connectivity index (χ0n) is 12.5. The van der Waals surface area contributed by atoms with Crippen molar-refractivity contribution in [1.29, 1.82) is 0 Å². The van der Waals surface area contributed by atoms with Gasteiger partial charge in [-0.1, -0.05) is 41.5 Å². The molecule has 0 aliphatic heterocycles. The van der Waals surface area contributed by atoms with Crippen LogP contribution in [0.15, 0.2) is 11.1 Å². The molecule has 0 heterocycles. The summed E-state index contributed by atoms with van der Waals surface area (Å²) in [6, 6.07) is 0. The Kier molecular flexibility index (Phi) is 4.96. The number of esters is 1. The molecule has 0 aromatic rings. The number of ether oxygens (including phenoxy) is 1. The van der Waals surface area contributed by atoms with E-state index in [9.17, 15) is 4.79 Å². The van der Waals surface area contributed by atoms with E-state index in [1.165, 1.54) is 0 Å². The molecule has 0 aliphatic carbocycles. The third kappa shape index (κ3) is 4.90. The van der Waals surface area contributed by atoms with Gasteiger partial charge in [-0.3, -0.25) is 5.73 Å². The lowest BCUT2D eigenvalue weighted by molar-refractivity contribution is -0.143. The summed E-state index contributed by atoms with van der Waals surface area (Å²) in [5, 5.41) is 0. The Hall–Kier alpha value is -0.830. The molecule has 0 fully saturated rings. The van der Waals surface area contributed by atoms with Crippen molar-refractivity contribution in [2.45, 2.75) is 61.6 Å². The van der Waals surface area contributed by atoms with Crippen molar-refractivity contribution in [3.63, 3.8) is 0 Å². The minimum absolute atomic E-state index is 0.0702. The van der Waals surface area contributed by atoms with E-state index in [0.717, 1.165) is 5.57 Å². The highest BCUT2D eigenvalue weighted by molar-refractivity contribution is 5.89. The van der Waals surface area contributed by atoms with Crippen LogP contribution in [0.3, 0.4) is 0 Å². The molecule has 1 atom stereocenters. The van der Waals surface area contributed by atoms with Crippen molar-refractivity contribution >= 4 is 5.97 Å². The zero-order chi connectivity index (χ0) is 14.0. The standard InChI is InChI=1S/C14H27NO2/c1-9(12(16)17-10(2)15)11(13(3,4)5)14(6,7)8/h10H,15H2,1-8H3. The molecule has 0 saturated carbocycles. The maximum Gasteiger partial charge on any atom is 0.335 e. The highest BCUT2D eigenvalue weighted by Gasteiger charge is 2.32. The van der Waals surface area contributed by atoms with Gasteiger partial charge in [-0.25, -0.2) is 4.79 Å².